The second kappa shape index (κ2) is 3.35. The molecule has 0 spiro atoms. The molecule has 1 heteroatoms. The summed E-state index contributed by atoms with van der Waals surface area (Å²) in [4.78, 5) is 10.9. The lowest BCUT2D eigenvalue weighted by molar-refractivity contribution is -0.114. The Balaban J connectivity index is 2.69. The first-order valence-electron chi connectivity index (χ1n) is 3.67. The number of hydrogen-bond donors (Lipinski definition) is 0. The van der Waals surface area contributed by atoms with Crippen molar-refractivity contribution in [2.24, 2.45) is 0 Å². The van der Waals surface area contributed by atoms with Crippen LogP contribution in [-0.2, 0) is 4.79 Å². The summed E-state index contributed by atoms with van der Waals surface area (Å²) in [5.74, 6) is 0.266. The zero-order valence-electron chi connectivity index (χ0n) is 6.26. The van der Waals surface area contributed by atoms with Crippen LogP contribution < -0.4 is 0 Å². The highest BCUT2D eigenvalue weighted by molar-refractivity contribution is 5.90. The summed E-state index contributed by atoms with van der Waals surface area (Å²) in [5.41, 5.74) is 1.07. The fourth-order valence-corrected chi connectivity index (χ4v) is 1.04. The maximum atomic E-state index is 10.9. The van der Waals surface area contributed by atoms with Crippen molar-refractivity contribution >= 4 is 5.78 Å². The van der Waals surface area contributed by atoms with E-state index in [2.05, 4.69) is 6.08 Å². The van der Waals surface area contributed by atoms with Gasteiger partial charge < -0.3 is 0 Å². The van der Waals surface area contributed by atoms with Gasteiger partial charge in [-0.3, -0.25) is 4.79 Å². The predicted molar refractivity (Wildman–Crippen MR) is 41.8 cm³/mol. The quantitative estimate of drug-likeness (QED) is 0.499. The minimum absolute atomic E-state index is 0.266. The van der Waals surface area contributed by atoms with E-state index in [1.54, 1.807) is 6.08 Å². The van der Waals surface area contributed by atoms with E-state index in [-0.39, 0.29) is 5.78 Å². The van der Waals surface area contributed by atoms with Crippen LogP contribution in [0.4, 0.5) is 0 Å². The highest BCUT2D eigenvalue weighted by Gasteiger charge is 1.98. The van der Waals surface area contributed by atoms with Gasteiger partial charge in [-0.2, -0.15) is 0 Å². The average molecular weight is 136 g/mol. The average Bonchev–Trinajstić information content (AvgIpc) is 1.83. The molecule has 0 saturated carbocycles. The minimum Gasteiger partial charge on any atom is -0.295 e. The molecule has 0 bridgehead atoms. The van der Waals surface area contributed by atoms with Crippen LogP contribution >= 0.6 is 0 Å². The molecule has 0 unspecified atom stereocenters. The van der Waals surface area contributed by atoms with Crippen molar-refractivity contribution in [1.82, 2.24) is 0 Å². The van der Waals surface area contributed by atoms with Gasteiger partial charge in [-0.25, -0.2) is 0 Å². The zero-order chi connectivity index (χ0) is 7.40. The van der Waals surface area contributed by atoms with Gasteiger partial charge in [0.15, 0.2) is 5.78 Å². The molecular formula is C9H12O. The molecule has 1 rings (SSSR count). The van der Waals surface area contributed by atoms with Gasteiger partial charge in [0.05, 0.1) is 0 Å². The molecule has 0 fully saturated rings. The second-order valence-corrected chi connectivity index (χ2v) is 2.65. The molecule has 1 nitrogen and oxygen atoms in total. The van der Waals surface area contributed by atoms with Crippen LogP contribution in [0, 0.1) is 0 Å². The lowest BCUT2D eigenvalue weighted by atomic mass is 10.1. The molecule has 10 heavy (non-hydrogen) atoms. The molecule has 0 radical (unpaired) electrons. The van der Waals surface area contributed by atoms with Crippen LogP contribution in [0.2, 0.25) is 0 Å². The van der Waals surface area contributed by atoms with Crippen LogP contribution in [-0.4, -0.2) is 5.78 Å². The summed E-state index contributed by atoms with van der Waals surface area (Å²) >= 11 is 0. The van der Waals surface area contributed by atoms with E-state index in [0.717, 1.165) is 18.4 Å². The van der Waals surface area contributed by atoms with Gasteiger partial charge >= 0.3 is 0 Å². The van der Waals surface area contributed by atoms with E-state index in [9.17, 15) is 4.79 Å². The lowest BCUT2D eigenvalue weighted by Crippen LogP contribution is -1.94. The van der Waals surface area contributed by atoms with E-state index in [1.807, 2.05) is 13.0 Å². The normalized spacial score (nSPS) is 28.1. The van der Waals surface area contributed by atoms with Crippen molar-refractivity contribution in [3.05, 3.63) is 23.8 Å². The first-order chi connectivity index (χ1) is 4.79. The number of allylic oxidation sites excluding steroid dienone is 4. The van der Waals surface area contributed by atoms with E-state index in [4.69, 9.17) is 0 Å². The fraction of sp³-hybridized carbons (Fsp3) is 0.444. The molecule has 0 atom stereocenters. The summed E-state index contributed by atoms with van der Waals surface area (Å²) < 4.78 is 0. The predicted octanol–water partition coefficient (Wildman–Crippen LogP) is 2.24. The Labute approximate surface area is 61.4 Å². The summed E-state index contributed by atoms with van der Waals surface area (Å²) in [7, 11) is 0. The van der Waals surface area contributed by atoms with Gasteiger partial charge in [-0.1, -0.05) is 12.2 Å². The number of ketones is 1. The number of carbonyl (C=O) groups is 1. The molecule has 0 amide bonds. The first-order valence-corrected chi connectivity index (χ1v) is 3.67. The Morgan fingerprint density at radius 2 is 2.30 bits per heavy atom. The van der Waals surface area contributed by atoms with Crippen LogP contribution in [0.15, 0.2) is 23.8 Å². The Hall–Kier alpha value is -0.850. The third kappa shape index (κ3) is 2.18. The Morgan fingerprint density at radius 3 is 3.10 bits per heavy atom. The molecule has 0 heterocycles. The van der Waals surface area contributed by atoms with Crippen molar-refractivity contribution in [2.45, 2.75) is 26.2 Å². The van der Waals surface area contributed by atoms with Crippen LogP contribution in [0.5, 0.6) is 0 Å². The molecule has 0 aliphatic heterocycles. The summed E-state index contributed by atoms with van der Waals surface area (Å²) in [6.07, 6.45) is 8.60. The summed E-state index contributed by atoms with van der Waals surface area (Å²) in [5, 5.41) is 0. The van der Waals surface area contributed by atoms with Crippen molar-refractivity contribution in [2.75, 3.05) is 0 Å². The van der Waals surface area contributed by atoms with E-state index < -0.39 is 0 Å². The molecule has 1 aliphatic rings. The van der Waals surface area contributed by atoms with Gasteiger partial charge in [-0.15, -0.1) is 0 Å². The third-order valence-electron chi connectivity index (χ3n) is 1.56. The molecule has 0 aromatic rings. The number of rotatable bonds is 0. The van der Waals surface area contributed by atoms with Crippen molar-refractivity contribution < 1.29 is 4.79 Å². The van der Waals surface area contributed by atoms with Gasteiger partial charge in [0.1, 0.15) is 0 Å². The number of carbonyl (C=O) groups excluding carboxylic acids is 1. The summed E-state index contributed by atoms with van der Waals surface area (Å²) in [6.45, 7) is 1.96. The second-order valence-electron chi connectivity index (χ2n) is 2.65. The molecule has 0 aromatic heterocycles. The Kier molecular flexibility index (Phi) is 2.43. The summed E-state index contributed by atoms with van der Waals surface area (Å²) in [6, 6.07) is 0. The van der Waals surface area contributed by atoms with E-state index >= 15 is 0 Å². The van der Waals surface area contributed by atoms with Gasteiger partial charge in [0, 0.05) is 6.42 Å². The zero-order valence-corrected chi connectivity index (χ0v) is 6.26. The SMILES string of the molecule is CC1=C/C(=O)CCC/C=C\1. The Morgan fingerprint density at radius 1 is 1.50 bits per heavy atom. The van der Waals surface area contributed by atoms with Crippen LogP contribution in [0.3, 0.4) is 0 Å². The highest BCUT2D eigenvalue weighted by Crippen LogP contribution is 2.07. The number of hydrogen-bond acceptors (Lipinski definition) is 1. The van der Waals surface area contributed by atoms with Gasteiger partial charge in [0.25, 0.3) is 0 Å². The van der Waals surface area contributed by atoms with Crippen molar-refractivity contribution in [3.8, 4) is 0 Å². The smallest absolute Gasteiger partial charge is 0.155 e. The van der Waals surface area contributed by atoms with Gasteiger partial charge in [-0.05, 0) is 31.4 Å². The monoisotopic (exact) mass is 136 g/mol. The van der Waals surface area contributed by atoms with Crippen LogP contribution in [0.1, 0.15) is 26.2 Å². The van der Waals surface area contributed by atoms with Crippen molar-refractivity contribution in [3.63, 3.8) is 0 Å². The largest absolute Gasteiger partial charge is 0.295 e. The molecular weight excluding hydrogens is 124 g/mol. The molecule has 0 aromatic carbocycles. The van der Waals surface area contributed by atoms with E-state index in [1.165, 1.54) is 0 Å². The maximum Gasteiger partial charge on any atom is 0.155 e. The molecule has 1 aliphatic carbocycles. The van der Waals surface area contributed by atoms with E-state index in [0.29, 0.717) is 6.42 Å². The topological polar surface area (TPSA) is 17.1 Å². The highest BCUT2D eigenvalue weighted by atomic mass is 16.1. The third-order valence-corrected chi connectivity index (χ3v) is 1.56. The Bertz CT molecular complexity index is 187. The first kappa shape index (κ1) is 7.26. The molecule has 0 N–H and O–H groups in total. The lowest BCUT2D eigenvalue weighted by Gasteiger charge is -1.98. The fourth-order valence-electron chi connectivity index (χ4n) is 1.04. The van der Waals surface area contributed by atoms with Crippen LogP contribution in [0.25, 0.3) is 0 Å². The minimum atomic E-state index is 0.266. The standard InChI is InChI=1S/C9H12O/c1-8-5-3-2-4-6-9(10)7-8/h3,5,7H,2,4,6H2,1H3/b5-3-,8-7-. The van der Waals surface area contributed by atoms with Gasteiger partial charge in [0.2, 0.25) is 0 Å². The van der Waals surface area contributed by atoms with Crippen molar-refractivity contribution in [1.29, 1.82) is 0 Å². The maximum absolute atomic E-state index is 10.9. The molecule has 54 valence electrons. The molecule has 0 saturated heterocycles.